The van der Waals surface area contributed by atoms with Crippen LogP contribution in [-0.4, -0.2) is 27.0 Å². The number of hydrogen-bond donors (Lipinski definition) is 2. The Morgan fingerprint density at radius 2 is 2.03 bits per heavy atom. The molecule has 0 aliphatic carbocycles. The van der Waals surface area contributed by atoms with Crippen LogP contribution in [0.25, 0.3) is 0 Å². The quantitative estimate of drug-likeness (QED) is 0.414. The van der Waals surface area contributed by atoms with Gasteiger partial charge in [-0.15, -0.1) is 11.3 Å². The van der Waals surface area contributed by atoms with Crippen molar-refractivity contribution >= 4 is 17.3 Å². The zero-order chi connectivity index (χ0) is 20.5. The molecule has 1 aromatic carbocycles. The number of nitrogens with one attached hydrogen (secondary N) is 2. The van der Waals surface area contributed by atoms with Crippen molar-refractivity contribution in [2.45, 2.75) is 52.7 Å². The molecule has 0 saturated heterocycles. The lowest BCUT2D eigenvalue weighted by molar-refractivity contribution is 0.649. The lowest BCUT2D eigenvalue weighted by Crippen LogP contribution is -2.36. The Morgan fingerprint density at radius 3 is 2.76 bits per heavy atom. The summed E-state index contributed by atoms with van der Waals surface area (Å²) < 4.78 is 2.18. The zero-order valence-corrected chi connectivity index (χ0v) is 18.2. The van der Waals surface area contributed by atoms with E-state index in [1.165, 1.54) is 5.56 Å². The molecule has 3 aromatic rings. The van der Waals surface area contributed by atoms with Crippen LogP contribution in [0, 0.1) is 0 Å². The van der Waals surface area contributed by atoms with Gasteiger partial charge in [-0.25, -0.2) is 15.0 Å². The second-order valence-electron chi connectivity index (χ2n) is 7.14. The SMILES string of the molecule is CCNC(=NCc1nccn1CCc1ccccc1)NCc1nc(C(C)C)cs1. The maximum Gasteiger partial charge on any atom is 0.192 e. The molecule has 7 heteroatoms. The van der Waals surface area contributed by atoms with Gasteiger partial charge in [0, 0.05) is 30.9 Å². The number of benzene rings is 1. The third-order valence-corrected chi connectivity index (χ3v) is 5.44. The molecular weight excluding hydrogens is 380 g/mol. The molecule has 2 aromatic heterocycles. The van der Waals surface area contributed by atoms with Crippen LogP contribution in [0.5, 0.6) is 0 Å². The Kier molecular flexibility index (Phi) is 7.81. The molecule has 0 fully saturated rings. The minimum Gasteiger partial charge on any atom is -0.357 e. The minimum absolute atomic E-state index is 0.455. The van der Waals surface area contributed by atoms with E-state index in [1.54, 1.807) is 11.3 Å². The highest BCUT2D eigenvalue weighted by atomic mass is 32.1. The van der Waals surface area contributed by atoms with E-state index in [4.69, 9.17) is 4.99 Å². The lowest BCUT2D eigenvalue weighted by atomic mass is 10.1. The van der Waals surface area contributed by atoms with Gasteiger partial charge >= 0.3 is 0 Å². The van der Waals surface area contributed by atoms with Crippen LogP contribution in [0.3, 0.4) is 0 Å². The van der Waals surface area contributed by atoms with Gasteiger partial charge in [0.15, 0.2) is 5.96 Å². The van der Waals surface area contributed by atoms with E-state index < -0.39 is 0 Å². The van der Waals surface area contributed by atoms with E-state index in [0.29, 0.717) is 19.0 Å². The molecule has 154 valence electrons. The van der Waals surface area contributed by atoms with Gasteiger partial charge in [-0.1, -0.05) is 44.2 Å². The first-order valence-corrected chi connectivity index (χ1v) is 11.0. The summed E-state index contributed by atoms with van der Waals surface area (Å²) in [5.41, 5.74) is 2.48. The molecular formula is C22H30N6S. The number of rotatable bonds is 9. The van der Waals surface area contributed by atoms with Crippen LogP contribution in [0.15, 0.2) is 53.1 Å². The molecule has 0 bridgehead atoms. The van der Waals surface area contributed by atoms with Crippen molar-refractivity contribution in [3.63, 3.8) is 0 Å². The van der Waals surface area contributed by atoms with Gasteiger partial charge in [0.05, 0.1) is 12.2 Å². The van der Waals surface area contributed by atoms with E-state index in [0.717, 1.165) is 42.0 Å². The van der Waals surface area contributed by atoms with Gasteiger partial charge in [0.2, 0.25) is 0 Å². The topological polar surface area (TPSA) is 67.1 Å². The minimum atomic E-state index is 0.455. The van der Waals surface area contributed by atoms with Crippen LogP contribution in [0.4, 0.5) is 0 Å². The highest BCUT2D eigenvalue weighted by molar-refractivity contribution is 7.09. The number of aromatic nitrogens is 3. The molecule has 29 heavy (non-hydrogen) atoms. The second kappa shape index (κ2) is 10.8. The number of nitrogens with zero attached hydrogens (tertiary/aromatic N) is 4. The predicted molar refractivity (Wildman–Crippen MR) is 120 cm³/mol. The molecule has 3 rings (SSSR count). The lowest BCUT2D eigenvalue weighted by Gasteiger charge is -2.11. The smallest absolute Gasteiger partial charge is 0.192 e. The van der Waals surface area contributed by atoms with Crippen molar-refractivity contribution in [1.29, 1.82) is 0 Å². The monoisotopic (exact) mass is 410 g/mol. The van der Waals surface area contributed by atoms with Crippen molar-refractivity contribution in [2.75, 3.05) is 6.54 Å². The number of guanidine groups is 1. The van der Waals surface area contributed by atoms with Crippen LogP contribution in [-0.2, 0) is 26.1 Å². The molecule has 0 aliphatic rings. The number of aliphatic imine (C=N–C) groups is 1. The van der Waals surface area contributed by atoms with Crippen molar-refractivity contribution in [1.82, 2.24) is 25.2 Å². The molecule has 0 spiro atoms. The number of imidazole rings is 1. The van der Waals surface area contributed by atoms with Crippen molar-refractivity contribution in [3.05, 3.63) is 70.2 Å². The van der Waals surface area contributed by atoms with Crippen molar-refractivity contribution in [2.24, 2.45) is 4.99 Å². The predicted octanol–water partition coefficient (Wildman–Crippen LogP) is 3.96. The number of aryl methyl sites for hydroxylation is 2. The maximum atomic E-state index is 4.72. The highest BCUT2D eigenvalue weighted by Gasteiger charge is 2.07. The Hall–Kier alpha value is -2.67. The standard InChI is InChI=1S/C22H30N6S/c1-4-23-22(26-15-21-27-19(16-29-21)17(2)3)25-14-20-24-11-13-28(20)12-10-18-8-6-5-7-9-18/h5-9,11,13,16-17H,4,10,12,14-15H2,1-3H3,(H2,23,25,26). The fourth-order valence-corrected chi connectivity index (χ4v) is 3.81. The molecule has 2 N–H and O–H groups in total. The molecule has 0 saturated carbocycles. The fraction of sp³-hybridized carbons (Fsp3) is 0.409. The maximum absolute atomic E-state index is 4.72. The van der Waals surface area contributed by atoms with E-state index in [2.05, 4.69) is 75.6 Å². The third-order valence-electron chi connectivity index (χ3n) is 4.58. The zero-order valence-electron chi connectivity index (χ0n) is 17.4. The molecule has 0 radical (unpaired) electrons. The third kappa shape index (κ3) is 6.42. The summed E-state index contributed by atoms with van der Waals surface area (Å²) in [6.07, 6.45) is 4.85. The molecule has 2 heterocycles. The number of thiazole rings is 1. The van der Waals surface area contributed by atoms with Gasteiger partial charge in [0.25, 0.3) is 0 Å². The molecule has 0 atom stereocenters. The average Bonchev–Trinajstić information content (AvgIpc) is 3.39. The summed E-state index contributed by atoms with van der Waals surface area (Å²) in [5.74, 6) is 2.21. The van der Waals surface area contributed by atoms with Gasteiger partial charge < -0.3 is 15.2 Å². The van der Waals surface area contributed by atoms with E-state index in [1.807, 2.05) is 18.5 Å². The van der Waals surface area contributed by atoms with Gasteiger partial charge in [-0.05, 0) is 24.8 Å². The normalized spacial score (nSPS) is 11.8. The van der Waals surface area contributed by atoms with Crippen molar-refractivity contribution < 1.29 is 0 Å². The summed E-state index contributed by atoms with van der Waals surface area (Å²) in [6.45, 7) is 9.31. The number of hydrogen-bond acceptors (Lipinski definition) is 4. The summed E-state index contributed by atoms with van der Waals surface area (Å²) in [5, 5.41) is 9.89. The van der Waals surface area contributed by atoms with E-state index in [-0.39, 0.29) is 0 Å². The first-order chi connectivity index (χ1) is 14.2. The van der Waals surface area contributed by atoms with Crippen molar-refractivity contribution in [3.8, 4) is 0 Å². The summed E-state index contributed by atoms with van der Waals surface area (Å²) in [7, 11) is 0. The Labute approximate surface area is 177 Å². The van der Waals surface area contributed by atoms with Gasteiger partial charge in [-0.2, -0.15) is 0 Å². The summed E-state index contributed by atoms with van der Waals surface area (Å²) in [6, 6.07) is 10.5. The molecule has 0 aliphatic heterocycles. The highest BCUT2D eigenvalue weighted by Crippen LogP contribution is 2.17. The van der Waals surface area contributed by atoms with Gasteiger partial charge in [0.1, 0.15) is 17.4 Å². The first kappa shape index (κ1) is 21.0. The van der Waals surface area contributed by atoms with Crippen LogP contribution in [0.2, 0.25) is 0 Å². The molecule has 0 unspecified atom stereocenters. The average molecular weight is 411 g/mol. The molecule has 0 amide bonds. The fourth-order valence-electron chi connectivity index (χ4n) is 2.91. The summed E-state index contributed by atoms with van der Waals surface area (Å²) >= 11 is 1.69. The molecule has 6 nitrogen and oxygen atoms in total. The Bertz CT molecular complexity index is 897. The van der Waals surface area contributed by atoms with E-state index in [9.17, 15) is 0 Å². The Morgan fingerprint density at radius 1 is 1.21 bits per heavy atom. The largest absolute Gasteiger partial charge is 0.357 e. The Balaban J connectivity index is 1.57. The van der Waals surface area contributed by atoms with E-state index >= 15 is 0 Å². The second-order valence-corrected chi connectivity index (χ2v) is 8.08. The van der Waals surface area contributed by atoms with Crippen LogP contribution in [0.1, 0.15) is 48.8 Å². The summed E-state index contributed by atoms with van der Waals surface area (Å²) in [4.78, 5) is 13.9. The van der Waals surface area contributed by atoms with Crippen LogP contribution >= 0.6 is 11.3 Å². The first-order valence-electron chi connectivity index (χ1n) is 10.2. The van der Waals surface area contributed by atoms with Crippen LogP contribution < -0.4 is 10.6 Å². The van der Waals surface area contributed by atoms with Gasteiger partial charge in [-0.3, -0.25) is 0 Å².